The van der Waals surface area contributed by atoms with Crippen LogP contribution in [-0.4, -0.2) is 28.0 Å². The van der Waals surface area contributed by atoms with Crippen molar-refractivity contribution < 1.29 is 14.7 Å². The van der Waals surface area contributed by atoms with Gasteiger partial charge in [-0.2, -0.15) is 5.06 Å². The minimum absolute atomic E-state index is 0.0107. The molecule has 0 unspecified atom stereocenters. The van der Waals surface area contributed by atoms with Crippen LogP contribution < -0.4 is 0 Å². The van der Waals surface area contributed by atoms with Crippen LogP contribution in [0.25, 0.3) is 0 Å². The van der Waals surface area contributed by atoms with E-state index in [-0.39, 0.29) is 12.0 Å². The Labute approximate surface area is 132 Å². The zero-order valence-electron chi connectivity index (χ0n) is 13.7. The molecule has 0 bridgehead atoms. The third kappa shape index (κ3) is 3.89. The second-order valence-electron chi connectivity index (χ2n) is 6.68. The maximum atomic E-state index is 12.0. The van der Waals surface area contributed by atoms with Crippen LogP contribution in [0.3, 0.4) is 0 Å². The number of amides is 1. The molecule has 1 aromatic carbocycles. The molecule has 0 saturated carbocycles. The number of carbonyl (C=O) groups is 1. The highest BCUT2D eigenvalue weighted by atomic mass is 16.6. The molecule has 1 N–H and O–H groups in total. The van der Waals surface area contributed by atoms with Crippen molar-refractivity contribution in [1.82, 2.24) is 5.06 Å². The third-order valence-corrected chi connectivity index (χ3v) is 3.80. The van der Waals surface area contributed by atoms with Crippen LogP contribution in [0.2, 0.25) is 0 Å². The maximum absolute atomic E-state index is 12.0. The Morgan fingerprint density at radius 2 is 1.95 bits per heavy atom. The van der Waals surface area contributed by atoms with E-state index < -0.39 is 11.7 Å². The van der Waals surface area contributed by atoms with Crippen molar-refractivity contribution in [1.29, 1.82) is 0 Å². The van der Waals surface area contributed by atoms with E-state index in [1.54, 1.807) is 20.8 Å². The summed E-state index contributed by atoms with van der Waals surface area (Å²) in [7, 11) is 0. The Morgan fingerprint density at radius 1 is 1.32 bits per heavy atom. The highest BCUT2D eigenvalue weighted by molar-refractivity contribution is 5.67. The molecule has 0 radical (unpaired) electrons. The van der Waals surface area contributed by atoms with Crippen molar-refractivity contribution in [3.8, 4) is 0 Å². The van der Waals surface area contributed by atoms with Crippen LogP contribution in [0.15, 0.2) is 36.4 Å². The van der Waals surface area contributed by atoms with E-state index in [9.17, 15) is 10.0 Å². The average Bonchev–Trinajstić information content (AvgIpc) is 2.94. The number of nitrogens with zero attached hydrogens (tertiary/aromatic N) is 1. The molecule has 1 aromatic rings. The maximum Gasteiger partial charge on any atom is 0.434 e. The Balaban J connectivity index is 2.11. The number of hydrogen-bond donors (Lipinski definition) is 1. The van der Waals surface area contributed by atoms with Crippen molar-refractivity contribution in [3.05, 3.63) is 47.5 Å². The molecule has 4 nitrogen and oxygen atoms in total. The standard InChI is InChI=1S/C18H25NO3/c1-5-13-9-11-14(12-10-13)15-7-6-8-16(15)19(21)17(20)22-18(2,3)4/h6-7,9-12,15-16,21H,5,8H2,1-4H3/t15-,16+/m1/s1. The van der Waals surface area contributed by atoms with Gasteiger partial charge in [-0.25, -0.2) is 4.79 Å². The molecule has 0 aromatic heterocycles. The van der Waals surface area contributed by atoms with Gasteiger partial charge in [-0.05, 0) is 44.7 Å². The van der Waals surface area contributed by atoms with Gasteiger partial charge in [-0.1, -0.05) is 43.3 Å². The number of hydroxylamine groups is 2. The topological polar surface area (TPSA) is 49.8 Å². The second kappa shape index (κ2) is 6.53. The van der Waals surface area contributed by atoms with E-state index in [1.807, 2.05) is 12.2 Å². The van der Waals surface area contributed by atoms with Gasteiger partial charge in [-0.3, -0.25) is 5.21 Å². The molecule has 0 heterocycles. The summed E-state index contributed by atoms with van der Waals surface area (Å²) in [5.74, 6) is -0.0107. The quantitative estimate of drug-likeness (QED) is 0.515. The van der Waals surface area contributed by atoms with Gasteiger partial charge in [-0.15, -0.1) is 0 Å². The Hall–Kier alpha value is -1.81. The molecule has 0 spiro atoms. The fraction of sp³-hybridized carbons (Fsp3) is 0.500. The number of benzene rings is 1. The van der Waals surface area contributed by atoms with Crippen molar-refractivity contribution in [3.63, 3.8) is 0 Å². The van der Waals surface area contributed by atoms with Gasteiger partial charge in [0.1, 0.15) is 5.60 Å². The van der Waals surface area contributed by atoms with E-state index in [0.717, 1.165) is 17.0 Å². The van der Waals surface area contributed by atoms with Gasteiger partial charge in [0, 0.05) is 5.92 Å². The fourth-order valence-electron chi connectivity index (χ4n) is 2.64. The van der Waals surface area contributed by atoms with Crippen LogP contribution in [0.5, 0.6) is 0 Å². The Morgan fingerprint density at radius 3 is 2.50 bits per heavy atom. The van der Waals surface area contributed by atoms with E-state index in [4.69, 9.17) is 4.74 Å². The first-order valence-electron chi connectivity index (χ1n) is 7.78. The van der Waals surface area contributed by atoms with Gasteiger partial charge in [0.2, 0.25) is 0 Å². The summed E-state index contributed by atoms with van der Waals surface area (Å²) in [5.41, 5.74) is 1.75. The lowest BCUT2D eigenvalue weighted by atomic mass is 9.93. The molecule has 2 rings (SSSR count). The molecule has 0 fully saturated rings. The zero-order valence-corrected chi connectivity index (χ0v) is 13.7. The third-order valence-electron chi connectivity index (χ3n) is 3.80. The number of carbonyl (C=O) groups excluding carboxylic acids is 1. The highest BCUT2D eigenvalue weighted by Crippen LogP contribution is 2.32. The summed E-state index contributed by atoms with van der Waals surface area (Å²) < 4.78 is 5.24. The van der Waals surface area contributed by atoms with E-state index in [1.165, 1.54) is 5.56 Å². The number of ether oxygens (including phenoxy) is 1. The summed E-state index contributed by atoms with van der Waals surface area (Å²) in [6.07, 6.45) is 4.96. The first-order valence-corrected chi connectivity index (χ1v) is 7.78. The molecular weight excluding hydrogens is 278 g/mol. The molecule has 2 atom stereocenters. The minimum atomic E-state index is -0.698. The lowest BCUT2D eigenvalue weighted by molar-refractivity contribution is -0.120. The van der Waals surface area contributed by atoms with Gasteiger partial charge in [0.05, 0.1) is 6.04 Å². The van der Waals surface area contributed by atoms with Gasteiger partial charge in [0.15, 0.2) is 0 Å². The predicted molar refractivity (Wildman–Crippen MR) is 86.0 cm³/mol. The minimum Gasteiger partial charge on any atom is -0.442 e. The molecule has 120 valence electrons. The molecule has 22 heavy (non-hydrogen) atoms. The number of hydrogen-bond acceptors (Lipinski definition) is 3. The molecule has 4 heteroatoms. The summed E-state index contributed by atoms with van der Waals surface area (Å²) in [6.45, 7) is 7.47. The molecule has 0 saturated heterocycles. The zero-order chi connectivity index (χ0) is 16.3. The van der Waals surface area contributed by atoms with Crippen LogP contribution in [0, 0.1) is 0 Å². The van der Waals surface area contributed by atoms with Crippen molar-refractivity contribution >= 4 is 6.09 Å². The molecule has 0 aliphatic heterocycles. The largest absolute Gasteiger partial charge is 0.442 e. The van der Waals surface area contributed by atoms with Crippen LogP contribution in [0.4, 0.5) is 4.79 Å². The smallest absolute Gasteiger partial charge is 0.434 e. The summed E-state index contributed by atoms with van der Waals surface area (Å²) in [5, 5.41) is 11.0. The van der Waals surface area contributed by atoms with Crippen molar-refractivity contribution in [2.24, 2.45) is 0 Å². The molecular formula is C18H25NO3. The van der Waals surface area contributed by atoms with Crippen molar-refractivity contribution in [2.75, 3.05) is 0 Å². The Bertz CT molecular complexity index is 542. The summed E-state index contributed by atoms with van der Waals surface area (Å²) in [6, 6.07) is 7.99. The number of aryl methyl sites for hydroxylation is 1. The molecule has 1 aliphatic carbocycles. The van der Waals surface area contributed by atoms with Gasteiger partial charge >= 0.3 is 6.09 Å². The Kier molecular flexibility index (Phi) is 4.91. The van der Waals surface area contributed by atoms with Gasteiger partial charge < -0.3 is 4.74 Å². The molecule has 1 aliphatic rings. The van der Waals surface area contributed by atoms with Crippen molar-refractivity contribution in [2.45, 2.75) is 58.1 Å². The van der Waals surface area contributed by atoms with Crippen LogP contribution in [0.1, 0.15) is 51.2 Å². The normalized spacial score (nSPS) is 21.0. The lowest BCUT2D eigenvalue weighted by Gasteiger charge is -2.30. The van der Waals surface area contributed by atoms with Gasteiger partial charge in [0.25, 0.3) is 0 Å². The summed E-state index contributed by atoms with van der Waals surface area (Å²) in [4.78, 5) is 12.0. The van der Waals surface area contributed by atoms with E-state index in [2.05, 4.69) is 31.2 Å². The van der Waals surface area contributed by atoms with E-state index in [0.29, 0.717) is 6.42 Å². The first-order chi connectivity index (χ1) is 10.3. The molecule has 1 amide bonds. The van der Waals surface area contributed by atoms with E-state index >= 15 is 0 Å². The second-order valence-corrected chi connectivity index (χ2v) is 6.68. The van der Waals surface area contributed by atoms with Crippen LogP contribution in [-0.2, 0) is 11.2 Å². The van der Waals surface area contributed by atoms with Crippen LogP contribution >= 0.6 is 0 Å². The average molecular weight is 303 g/mol. The monoisotopic (exact) mass is 303 g/mol. The summed E-state index contributed by atoms with van der Waals surface area (Å²) >= 11 is 0. The predicted octanol–water partition coefficient (Wildman–Crippen LogP) is 4.29. The highest BCUT2D eigenvalue weighted by Gasteiger charge is 2.34. The lowest BCUT2D eigenvalue weighted by Crippen LogP contribution is -2.42. The first kappa shape index (κ1) is 16.6. The fourth-order valence-corrected chi connectivity index (χ4v) is 2.64. The SMILES string of the molecule is CCc1ccc([C@H]2C=CC[C@@H]2N(O)C(=O)OC(C)(C)C)cc1. The number of rotatable bonds is 3.